The second kappa shape index (κ2) is 43.8. The van der Waals surface area contributed by atoms with Gasteiger partial charge in [-0.25, -0.2) is 0 Å². The number of rotatable bonds is 35. The molecule has 0 aliphatic heterocycles. The summed E-state index contributed by atoms with van der Waals surface area (Å²) in [6.45, 7) is 5.60. The summed E-state index contributed by atoms with van der Waals surface area (Å²) >= 11 is 0. The van der Waals surface area contributed by atoms with Crippen LogP contribution in [0.3, 0.4) is 0 Å². The maximum Gasteiger partial charge on any atom is 0.303 e. The van der Waals surface area contributed by atoms with Gasteiger partial charge in [-0.15, -0.1) is 0 Å². The van der Waals surface area contributed by atoms with Gasteiger partial charge in [0.1, 0.15) is 0 Å². The van der Waals surface area contributed by atoms with Gasteiger partial charge in [0.2, 0.25) is 0 Å². The fourth-order valence-corrected chi connectivity index (χ4v) is 5.45. The van der Waals surface area contributed by atoms with Crippen LogP contribution in [0.5, 0.6) is 0 Å². The van der Waals surface area contributed by atoms with Gasteiger partial charge in [0.25, 0.3) is 0 Å². The van der Waals surface area contributed by atoms with Gasteiger partial charge >= 0.3 is 11.9 Å². The van der Waals surface area contributed by atoms with E-state index in [-0.39, 0.29) is 19.8 Å². The molecule has 0 aliphatic carbocycles. The summed E-state index contributed by atoms with van der Waals surface area (Å²) in [7, 11) is 0. The number of aliphatic hydroxyl groups excluding tert-OH is 3. The molecule has 0 bridgehead atoms. The second-order valence-electron chi connectivity index (χ2n) is 14.5. The highest BCUT2D eigenvalue weighted by Crippen LogP contribution is 2.15. The maximum atomic E-state index is 10.3. The third-order valence-electron chi connectivity index (χ3n) is 9.13. The average molecular weight is 689 g/mol. The van der Waals surface area contributed by atoms with Crippen molar-refractivity contribution in [2.45, 2.75) is 226 Å². The summed E-state index contributed by atoms with van der Waals surface area (Å²) in [6, 6.07) is 0. The van der Waals surface area contributed by atoms with Crippen molar-refractivity contribution in [3.8, 4) is 0 Å². The van der Waals surface area contributed by atoms with Crippen LogP contribution in [0.25, 0.3) is 0 Å². The molecule has 0 heterocycles. The van der Waals surface area contributed by atoms with Crippen LogP contribution in [-0.4, -0.2) is 57.3 Å². The normalized spacial score (nSPS) is 11.0. The Bertz CT molecular complexity index is 570. The van der Waals surface area contributed by atoms with Gasteiger partial charge in [-0.3, -0.25) is 9.59 Å². The molecule has 0 aliphatic rings. The van der Waals surface area contributed by atoms with Crippen molar-refractivity contribution in [3.05, 3.63) is 0 Å². The third-order valence-corrected chi connectivity index (χ3v) is 9.13. The van der Waals surface area contributed by atoms with Crippen molar-refractivity contribution in [1.29, 1.82) is 0 Å². The number of carboxylic acids is 2. The lowest BCUT2D eigenvalue weighted by atomic mass is 9.95. The first kappa shape index (κ1) is 51.2. The second-order valence-corrected chi connectivity index (χ2v) is 14.5. The zero-order valence-corrected chi connectivity index (χ0v) is 32.3. The van der Waals surface area contributed by atoms with Crippen molar-refractivity contribution < 1.29 is 35.1 Å². The van der Waals surface area contributed by atoms with E-state index in [1.54, 1.807) is 6.92 Å². The summed E-state index contributed by atoms with van der Waals surface area (Å²) < 4.78 is 0. The average Bonchev–Trinajstić information content (AvgIpc) is 3.08. The highest BCUT2D eigenvalue weighted by molar-refractivity contribution is 5.66. The zero-order valence-electron chi connectivity index (χ0n) is 32.3. The van der Waals surface area contributed by atoms with Crippen LogP contribution in [-0.2, 0) is 9.59 Å². The molecule has 48 heavy (non-hydrogen) atoms. The predicted molar refractivity (Wildman–Crippen MR) is 204 cm³/mol. The Morgan fingerprint density at radius 3 is 0.646 bits per heavy atom. The number of aliphatic hydroxyl groups is 3. The largest absolute Gasteiger partial charge is 0.481 e. The fraction of sp³-hybridized carbons (Fsp3) is 0.951. The van der Waals surface area contributed by atoms with Crippen LogP contribution in [0.1, 0.15) is 226 Å². The van der Waals surface area contributed by atoms with Crippen molar-refractivity contribution in [3.63, 3.8) is 0 Å². The minimum absolute atomic E-state index is 0.181. The molecule has 290 valence electrons. The molecule has 0 fully saturated rings. The Morgan fingerprint density at radius 2 is 0.521 bits per heavy atom. The molecular formula is C41H84O7. The van der Waals surface area contributed by atoms with Gasteiger partial charge < -0.3 is 25.5 Å². The molecule has 7 heteroatoms. The number of carboxylic acid groups (broad SMARTS) is 2. The fourth-order valence-electron chi connectivity index (χ4n) is 5.45. The molecule has 7 nitrogen and oxygen atoms in total. The van der Waals surface area contributed by atoms with E-state index in [2.05, 4.69) is 13.8 Å². The standard InChI is InChI=1S/2C18H36O2.C5H12O3/c2*1-2-3-4-5-6-7-8-9-10-11-12-13-14-15-16-17-18(19)20;1-5(2-6,3-7)4-8/h2*2-17H2,1H3,(H,19,20);6-8H,2-4H2,1H3. The third kappa shape index (κ3) is 49.2. The monoisotopic (exact) mass is 689 g/mol. The number of hydrogen-bond donors (Lipinski definition) is 5. The minimum atomic E-state index is -0.708. The smallest absolute Gasteiger partial charge is 0.303 e. The van der Waals surface area contributed by atoms with E-state index in [0.29, 0.717) is 12.8 Å². The molecule has 0 radical (unpaired) electrons. The van der Waals surface area contributed by atoms with Crippen LogP contribution in [0.4, 0.5) is 0 Å². The summed E-state index contributed by atoms with van der Waals surface area (Å²) in [5, 5.41) is 42.4. The molecular weight excluding hydrogens is 604 g/mol. The minimum Gasteiger partial charge on any atom is -0.481 e. The first-order valence-corrected chi connectivity index (χ1v) is 20.5. The molecule has 0 amide bonds. The van der Waals surface area contributed by atoms with E-state index in [4.69, 9.17) is 25.5 Å². The van der Waals surface area contributed by atoms with Crippen molar-refractivity contribution in [1.82, 2.24) is 0 Å². The summed E-state index contributed by atoms with van der Waals surface area (Å²) in [4.78, 5) is 20.7. The van der Waals surface area contributed by atoms with E-state index in [1.807, 2.05) is 0 Å². The molecule has 0 unspecified atom stereocenters. The quantitative estimate of drug-likeness (QED) is 0.0418. The SMILES string of the molecule is CC(CO)(CO)CO.CCCCCCCCCCCCCCCCCC(=O)O.CCCCCCCCCCCCCCCCCC(=O)O. The van der Waals surface area contributed by atoms with Crippen LogP contribution in [0, 0.1) is 5.41 Å². The molecule has 0 atom stereocenters. The van der Waals surface area contributed by atoms with Crippen LogP contribution in [0.15, 0.2) is 0 Å². The van der Waals surface area contributed by atoms with E-state index in [0.717, 1.165) is 25.7 Å². The zero-order chi connectivity index (χ0) is 36.4. The highest BCUT2D eigenvalue weighted by atomic mass is 16.4. The number of aliphatic carboxylic acids is 2. The number of hydrogen-bond acceptors (Lipinski definition) is 5. The van der Waals surface area contributed by atoms with Crippen molar-refractivity contribution in [2.75, 3.05) is 19.8 Å². The Kier molecular flexibility index (Phi) is 46.8. The lowest BCUT2D eigenvalue weighted by Crippen LogP contribution is -2.29. The van der Waals surface area contributed by atoms with E-state index in [1.165, 1.54) is 167 Å². The lowest BCUT2D eigenvalue weighted by molar-refractivity contribution is -0.138. The first-order chi connectivity index (χ1) is 23.2. The Hall–Kier alpha value is -1.18. The molecule has 0 aromatic carbocycles. The van der Waals surface area contributed by atoms with Gasteiger partial charge in [-0.1, -0.05) is 201 Å². The van der Waals surface area contributed by atoms with Crippen LogP contribution >= 0.6 is 0 Å². The van der Waals surface area contributed by atoms with Crippen LogP contribution in [0.2, 0.25) is 0 Å². The Balaban J connectivity index is -0.000000689. The molecule has 0 rings (SSSR count). The molecule has 0 aromatic heterocycles. The lowest BCUT2D eigenvalue weighted by Gasteiger charge is -2.20. The van der Waals surface area contributed by atoms with Gasteiger partial charge in [0.05, 0.1) is 19.8 Å². The number of unbranched alkanes of at least 4 members (excludes halogenated alkanes) is 28. The van der Waals surface area contributed by atoms with Crippen molar-refractivity contribution >= 4 is 11.9 Å². The highest BCUT2D eigenvalue weighted by Gasteiger charge is 2.20. The molecule has 0 spiro atoms. The van der Waals surface area contributed by atoms with Gasteiger partial charge in [0.15, 0.2) is 0 Å². The molecule has 0 aromatic rings. The molecule has 0 saturated heterocycles. The molecule has 0 saturated carbocycles. The summed E-state index contributed by atoms with van der Waals surface area (Å²) in [6.07, 6.45) is 40.4. The molecule has 5 N–H and O–H groups in total. The van der Waals surface area contributed by atoms with E-state index in [9.17, 15) is 9.59 Å². The van der Waals surface area contributed by atoms with E-state index >= 15 is 0 Å². The summed E-state index contributed by atoms with van der Waals surface area (Å²) in [5.74, 6) is -1.31. The number of carbonyl (C=O) groups is 2. The summed E-state index contributed by atoms with van der Waals surface area (Å²) in [5.41, 5.74) is -0.708. The van der Waals surface area contributed by atoms with Crippen molar-refractivity contribution in [2.24, 2.45) is 5.41 Å². The van der Waals surface area contributed by atoms with Gasteiger partial charge in [-0.05, 0) is 12.8 Å². The van der Waals surface area contributed by atoms with Crippen LogP contribution < -0.4 is 0 Å². The van der Waals surface area contributed by atoms with Gasteiger partial charge in [-0.2, -0.15) is 0 Å². The first-order valence-electron chi connectivity index (χ1n) is 20.5. The Morgan fingerprint density at radius 1 is 0.354 bits per heavy atom. The Labute approximate surface area is 298 Å². The topological polar surface area (TPSA) is 135 Å². The predicted octanol–water partition coefficient (Wildman–Crippen LogP) is 11.6. The maximum absolute atomic E-state index is 10.3. The van der Waals surface area contributed by atoms with E-state index < -0.39 is 17.4 Å². The van der Waals surface area contributed by atoms with Gasteiger partial charge in [0, 0.05) is 18.3 Å².